The van der Waals surface area contributed by atoms with Crippen LogP contribution in [0.4, 0.5) is 5.82 Å². The predicted molar refractivity (Wildman–Crippen MR) is 117 cm³/mol. The van der Waals surface area contributed by atoms with Crippen molar-refractivity contribution in [2.45, 2.75) is 33.6 Å². The van der Waals surface area contributed by atoms with Gasteiger partial charge in [-0.3, -0.25) is 4.57 Å². The van der Waals surface area contributed by atoms with Crippen LogP contribution in [-0.4, -0.2) is 56.3 Å². The maximum absolute atomic E-state index is 12.6. The standard InChI is InChI=1S/C21H32N3O5P/c1-5-28-30(25,29-6-2)16-27-14-21(3)11-8-12-24(13-21)20-17-9-7-10-18(26-4)19(17)22-15-23-20/h7,9-10,15H,5-6,8,11-14,16H2,1-4H3. The van der Waals surface area contributed by atoms with Gasteiger partial charge >= 0.3 is 7.60 Å². The third-order valence-corrected chi connectivity index (χ3v) is 7.06. The molecule has 166 valence electrons. The third kappa shape index (κ3) is 5.30. The molecule has 1 saturated heterocycles. The van der Waals surface area contributed by atoms with Gasteiger partial charge in [0.05, 0.1) is 26.9 Å². The van der Waals surface area contributed by atoms with Crippen LogP contribution in [0.15, 0.2) is 24.5 Å². The molecule has 0 amide bonds. The van der Waals surface area contributed by atoms with E-state index in [-0.39, 0.29) is 11.8 Å². The topological polar surface area (TPSA) is 83.0 Å². The lowest BCUT2D eigenvalue weighted by molar-refractivity contribution is 0.0549. The van der Waals surface area contributed by atoms with Gasteiger partial charge in [-0.1, -0.05) is 13.0 Å². The van der Waals surface area contributed by atoms with Gasteiger partial charge in [0.25, 0.3) is 0 Å². The van der Waals surface area contributed by atoms with Crippen LogP contribution in [0, 0.1) is 5.41 Å². The number of ether oxygens (including phenoxy) is 2. The first-order valence-corrected chi connectivity index (χ1v) is 12.1. The van der Waals surface area contributed by atoms with Crippen molar-refractivity contribution in [1.29, 1.82) is 0 Å². The van der Waals surface area contributed by atoms with E-state index >= 15 is 0 Å². The minimum Gasteiger partial charge on any atom is -0.494 e. The number of methoxy groups -OCH3 is 1. The Morgan fingerprint density at radius 3 is 2.67 bits per heavy atom. The van der Waals surface area contributed by atoms with Crippen LogP contribution in [0.25, 0.3) is 10.9 Å². The van der Waals surface area contributed by atoms with Crippen molar-refractivity contribution in [1.82, 2.24) is 9.97 Å². The lowest BCUT2D eigenvalue weighted by Gasteiger charge is -2.41. The third-order valence-electron chi connectivity index (χ3n) is 5.26. The second kappa shape index (κ2) is 10.1. The number of fused-ring (bicyclic) bond motifs is 1. The van der Waals surface area contributed by atoms with Crippen LogP contribution in [0.2, 0.25) is 0 Å². The molecule has 8 nitrogen and oxygen atoms in total. The average molecular weight is 437 g/mol. The highest BCUT2D eigenvalue weighted by atomic mass is 31.2. The highest BCUT2D eigenvalue weighted by Crippen LogP contribution is 2.48. The Kier molecular flexibility index (Phi) is 7.69. The summed E-state index contributed by atoms with van der Waals surface area (Å²) in [7, 11) is -1.55. The Hall–Kier alpha value is -1.73. The lowest BCUT2D eigenvalue weighted by Crippen LogP contribution is -2.44. The summed E-state index contributed by atoms with van der Waals surface area (Å²) >= 11 is 0. The Balaban J connectivity index is 1.72. The van der Waals surface area contributed by atoms with E-state index in [4.69, 9.17) is 18.5 Å². The summed E-state index contributed by atoms with van der Waals surface area (Å²) in [6.07, 6.45) is 3.59. The molecule has 1 aliphatic heterocycles. The van der Waals surface area contributed by atoms with Crippen LogP contribution in [0.3, 0.4) is 0 Å². The lowest BCUT2D eigenvalue weighted by atomic mass is 9.82. The number of piperidine rings is 1. The molecule has 0 bridgehead atoms. The molecule has 0 N–H and O–H groups in total. The van der Waals surface area contributed by atoms with E-state index in [0.717, 1.165) is 48.4 Å². The van der Waals surface area contributed by atoms with E-state index in [1.165, 1.54) is 0 Å². The van der Waals surface area contributed by atoms with Gasteiger partial charge in [-0.05, 0) is 38.8 Å². The average Bonchev–Trinajstić information content (AvgIpc) is 2.73. The fourth-order valence-corrected chi connectivity index (χ4v) is 5.31. The van der Waals surface area contributed by atoms with E-state index in [0.29, 0.717) is 19.8 Å². The number of anilines is 1. The van der Waals surface area contributed by atoms with E-state index in [9.17, 15) is 4.57 Å². The molecule has 2 heterocycles. The minimum atomic E-state index is -3.20. The maximum Gasteiger partial charge on any atom is 0.356 e. The van der Waals surface area contributed by atoms with Crippen molar-refractivity contribution in [2.75, 3.05) is 51.3 Å². The van der Waals surface area contributed by atoms with Gasteiger partial charge in [0, 0.05) is 23.9 Å². The molecule has 0 spiro atoms. The van der Waals surface area contributed by atoms with Crippen molar-refractivity contribution in [3.63, 3.8) is 0 Å². The first kappa shape index (κ1) is 22.9. The Bertz CT molecular complexity index is 886. The summed E-state index contributed by atoms with van der Waals surface area (Å²) < 4.78 is 34.6. The first-order valence-electron chi connectivity index (χ1n) is 10.4. The number of hydrogen-bond acceptors (Lipinski definition) is 8. The first-order chi connectivity index (χ1) is 14.4. The molecule has 1 atom stereocenters. The summed E-state index contributed by atoms with van der Waals surface area (Å²) in [6, 6.07) is 5.89. The van der Waals surface area contributed by atoms with Crippen LogP contribution >= 0.6 is 7.60 Å². The number of aromatic nitrogens is 2. The summed E-state index contributed by atoms with van der Waals surface area (Å²) in [5, 5.41) is 0.971. The van der Waals surface area contributed by atoms with Crippen molar-refractivity contribution < 1.29 is 23.1 Å². The van der Waals surface area contributed by atoms with Gasteiger partial charge in [0.1, 0.15) is 29.8 Å². The molecule has 1 aromatic carbocycles. The summed E-state index contributed by atoms with van der Waals surface area (Å²) in [6.45, 7) is 8.61. The summed E-state index contributed by atoms with van der Waals surface area (Å²) in [5.74, 6) is 1.64. The molecule has 3 rings (SSSR count). The molecule has 1 aromatic heterocycles. The Morgan fingerprint density at radius 2 is 1.97 bits per heavy atom. The normalized spacial score (nSPS) is 19.9. The van der Waals surface area contributed by atoms with Crippen molar-refractivity contribution in [2.24, 2.45) is 5.41 Å². The molecule has 0 aliphatic carbocycles. The van der Waals surface area contributed by atoms with Gasteiger partial charge < -0.3 is 23.4 Å². The zero-order chi connectivity index (χ0) is 21.6. The number of benzene rings is 1. The van der Waals surface area contributed by atoms with E-state index in [1.54, 1.807) is 27.3 Å². The second-order valence-electron chi connectivity index (χ2n) is 7.81. The number of nitrogens with zero attached hydrogens (tertiary/aromatic N) is 3. The molecule has 1 aliphatic rings. The smallest absolute Gasteiger partial charge is 0.356 e. The molecule has 0 radical (unpaired) electrons. The number of rotatable bonds is 10. The largest absolute Gasteiger partial charge is 0.494 e. The van der Waals surface area contributed by atoms with Gasteiger partial charge in [0.2, 0.25) is 0 Å². The molecule has 1 fully saturated rings. The SMILES string of the molecule is CCOP(=O)(COCC1(C)CCCN(c2ncnc3c(OC)cccc23)C1)OCC. The van der Waals surface area contributed by atoms with Crippen molar-refractivity contribution in [3.05, 3.63) is 24.5 Å². The van der Waals surface area contributed by atoms with Crippen LogP contribution < -0.4 is 9.64 Å². The fraction of sp³-hybridized carbons (Fsp3) is 0.619. The van der Waals surface area contributed by atoms with Gasteiger partial charge in [-0.2, -0.15) is 0 Å². The number of para-hydroxylation sites is 1. The Labute approximate surface area is 178 Å². The van der Waals surface area contributed by atoms with Gasteiger partial charge in [-0.25, -0.2) is 9.97 Å². The summed E-state index contributed by atoms with van der Waals surface area (Å²) in [4.78, 5) is 11.3. The van der Waals surface area contributed by atoms with Gasteiger partial charge in [0.15, 0.2) is 0 Å². The molecular formula is C21H32N3O5P. The van der Waals surface area contributed by atoms with E-state index in [2.05, 4.69) is 21.8 Å². The highest BCUT2D eigenvalue weighted by Gasteiger charge is 2.34. The zero-order valence-electron chi connectivity index (χ0n) is 18.3. The molecule has 1 unspecified atom stereocenters. The maximum atomic E-state index is 12.6. The fourth-order valence-electron chi connectivity index (χ4n) is 3.99. The molecule has 9 heteroatoms. The zero-order valence-corrected chi connectivity index (χ0v) is 19.2. The second-order valence-corrected chi connectivity index (χ2v) is 9.81. The predicted octanol–water partition coefficient (Wildman–Crippen LogP) is 4.49. The van der Waals surface area contributed by atoms with Crippen molar-refractivity contribution >= 4 is 24.3 Å². The monoisotopic (exact) mass is 437 g/mol. The van der Waals surface area contributed by atoms with Crippen LogP contribution in [0.5, 0.6) is 5.75 Å². The molecule has 2 aromatic rings. The molecule has 0 saturated carbocycles. The Morgan fingerprint density at radius 1 is 1.20 bits per heavy atom. The van der Waals surface area contributed by atoms with Gasteiger partial charge in [-0.15, -0.1) is 0 Å². The van der Waals surface area contributed by atoms with E-state index < -0.39 is 7.60 Å². The molecular weight excluding hydrogens is 405 g/mol. The molecule has 30 heavy (non-hydrogen) atoms. The highest BCUT2D eigenvalue weighted by molar-refractivity contribution is 7.53. The quantitative estimate of drug-likeness (QED) is 0.503. The minimum absolute atomic E-state index is 0.0299. The van der Waals surface area contributed by atoms with Crippen LogP contribution in [-0.2, 0) is 18.3 Å². The van der Waals surface area contributed by atoms with E-state index in [1.807, 2.05) is 18.2 Å². The van der Waals surface area contributed by atoms with Crippen LogP contribution in [0.1, 0.15) is 33.6 Å². The van der Waals surface area contributed by atoms with Crippen molar-refractivity contribution in [3.8, 4) is 5.75 Å². The number of hydrogen-bond donors (Lipinski definition) is 0. The summed E-state index contributed by atoms with van der Waals surface area (Å²) in [5.41, 5.74) is 0.709.